The minimum Gasteiger partial charge on any atom is -0.193 e. The van der Waals surface area contributed by atoms with Gasteiger partial charge in [0.2, 0.25) is 0 Å². The van der Waals surface area contributed by atoms with Gasteiger partial charge in [-0.15, -0.1) is 6.66 Å². The Balaban J connectivity index is 0.00000169. The standard InChI is InChI=1S/C10H19N2P.Li/c1-11(2)13(5,12(3)4)10-8-6-7-9-10;/h6-8H,5,9H2,1-4H3;/q;+1. The van der Waals surface area contributed by atoms with Crippen LogP contribution in [0.2, 0.25) is 0 Å². The van der Waals surface area contributed by atoms with E-state index >= 15 is 0 Å². The van der Waals surface area contributed by atoms with E-state index in [1.54, 1.807) is 0 Å². The molecule has 0 heterocycles. The average Bonchev–Trinajstić information content (AvgIpc) is 2.54. The van der Waals surface area contributed by atoms with Crippen molar-refractivity contribution < 1.29 is 18.9 Å². The summed E-state index contributed by atoms with van der Waals surface area (Å²) in [5.74, 6) is 0. The van der Waals surface area contributed by atoms with Crippen LogP contribution in [-0.2, 0) is 0 Å². The van der Waals surface area contributed by atoms with Crippen LogP contribution in [0.3, 0.4) is 0 Å². The van der Waals surface area contributed by atoms with Crippen LogP contribution in [0.4, 0.5) is 0 Å². The number of hydrogen-bond acceptors (Lipinski definition) is 2. The van der Waals surface area contributed by atoms with Crippen molar-refractivity contribution >= 4 is 7.56 Å². The zero-order valence-corrected chi connectivity index (χ0v) is 10.9. The number of allylic oxidation sites excluding steroid dienone is 4. The van der Waals surface area contributed by atoms with Gasteiger partial charge in [0.25, 0.3) is 0 Å². The first-order chi connectivity index (χ1) is 5.99. The molecule has 1 rings (SSSR count). The fourth-order valence-corrected chi connectivity index (χ4v) is 4.04. The molecule has 0 atom stereocenters. The Labute approximate surface area is 101 Å². The molecule has 0 bridgehead atoms. The molecule has 0 aliphatic heterocycles. The van der Waals surface area contributed by atoms with Gasteiger partial charge in [-0.2, -0.15) is 9.34 Å². The summed E-state index contributed by atoms with van der Waals surface area (Å²) in [6, 6.07) is 0. The number of hydrogen-bond donors (Lipinski definition) is 0. The van der Waals surface area contributed by atoms with Crippen LogP contribution in [0.1, 0.15) is 6.42 Å². The summed E-state index contributed by atoms with van der Waals surface area (Å²) in [5, 5.41) is 1.46. The topological polar surface area (TPSA) is 6.48 Å². The molecular weight excluding hydrogens is 186 g/mol. The van der Waals surface area contributed by atoms with Crippen LogP contribution in [-0.4, -0.2) is 37.5 Å². The molecule has 0 fully saturated rings. The normalized spacial score (nSPS) is 16.1. The third-order valence-corrected chi connectivity index (χ3v) is 6.43. The van der Waals surface area contributed by atoms with E-state index in [9.17, 15) is 0 Å². The Hall–Kier alpha value is 0.427. The van der Waals surface area contributed by atoms with E-state index in [4.69, 9.17) is 0 Å². The molecule has 0 N–H and O–H groups in total. The molecule has 0 amide bonds. The molecule has 1 aliphatic carbocycles. The number of nitrogens with zero attached hydrogens (tertiary/aromatic N) is 2. The third-order valence-electron chi connectivity index (χ3n) is 2.54. The van der Waals surface area contributed by atoms with E-state index in [1.807, 2.05) is 0 Å². The quantitative estimate of drug-likeness (QED) is 0.351. The third kappa shape index (κ3) is 2.51. The van der Waals surface area contributed by atoms with Gasteiger partial charge in [0, 0.05) is 42.2 Å². The average molecular weight is 205 g/mol. The van der Waals surface area contributed by atoms with Crippen molar-refractivity contribution in [3.63, 3.8) is 0 Å². The van der Waals surface area contributed by atoms with Crippen molar-refractivity contribution in [3.8, 4) is 0 Å². The first-order valence-electron chi connectivity index (χ1n) is 4.45. The van der Waals surface area contributed by atoms with Gasteiger partial charge < -0.3 is 0 Å². The van der Waals surface area contributed by atoms with Crippen molar-refractivity contribution in [1.29, 1.82) is 0 Å². The summed E-state index contributed by atoms with van der Waals surface area (Å²) in [7, 11) is 7.00. The molecular formula is C10H19LiN2P+. The largest absolute Gasteiger partial charge is 1.00 e. The van der Waals surface area contributed by atoms with Crippen LogP contribution >= 0.6 is 7.56 Å². The Morgan fingerprint density at radius 1 is 1.21 bits per heavy atom. The predicted octanol–water partition coefficient (Wildman–Crippen LogP) is -0.403. The minimum absolute atomic E-state index is 0. The van der Waals surface area contributed by atoms with Crippen molar-refractivity contribution in [2.24, 2.45) is 0 Å². The van der Waals surface area contributed by atoms with Crippen LogP contribution in [0.25, 0.3) is 0 Å². The Morgan fingerprint density at radius 3 is 2.00 bits per heavy atom. The maximum Gasteiger partial charge on any atom is 1.00 e. The summed E-state index contributed by atoms with van der Waals surface area (Å²) in [6.07, 6.45) is 7.60. The van der Waals surface area contributed by atoms with Gasteiger partial charge >= 0.3 is 18.9 Å². The molecule has 0 unspecified atom stereocenters. The minimum atomic E-state index is -1.45. The van der Waals surface area contributed by atoms with Crippen molar-refractivity contribution in [3.05, 3.63) is 30.2 Å². The summed E-state index contributed by atoms with van der Waals surface area (Å²) in [6.45, 7) is 4.41. The smallest absolute Gasteiger partial charge is 0.193 e. The molecule has 0 aromatic heterocycles. The Kier molecular flexibility index (Phi) is 5.66. The van der Waals surface area contributed by atoms with E-state index in [0.717, 1.165) is 6.42 Å². The maximum absolute atomic E-state index is 4.41. The summed E-state index contributed by atoms with van der Waals surface area (Å²) in [5.41, 5.74) is 0. The van der Waals surface area contributed by atoms with Crippen LogP contribution in [0.5, 0.6) is 0 Å². The van der Waals surface area contributed by atoms with Crippen LogP contribution in [0, 0.1) is 6.66 Å². The van der Waals surface area contributed by atoms with Crippen molar-refractivity contribution in [2.45, 2.75) is 6.42 Å². The zero-order chi connectivity index (χ0) is 10.1. The molecule has 14 heavy (non-hydrogen) atoms. The van der Waals surface area contributed by atoms with Gasteiger partial charge in [0.05, 0.1) is 5.31 Å². The van der Waals surface area contributed by atoms with E-state index in [-0.39, 0.29) is 18.9 Å². The van der Waals surface area contributed by atoms with Gasteiger partial charge in [0.15, 0.2) is 0 Å². The fraction of sp³-hybridized carbons (Fsp3) is 0.500. The second-order valence-corrected chi connectivity index (χ2v) is 7.35. The van der Waals surface area contributed by atoms with E-state index in [2.05, 4.69) is 62.4 Å². The summed E-state index contributed by atoms with van der Waals surface area (Å²) in [4.78, 5) is 0. The van der Waals surface area contributed by atoms with Crippen LogP contribution in [0.15, 0.2) is 23.5 Å². The second-order valence-electron chi connectivity index (χ2n) is 3.72. The van der Waals surface area contributed by atoms with Crippen LogP contribution < -0.4 is 18.9 Å². The van der Waals surface area contributed by atoms with Crippen molar-refractivity contribution in [1.82, 2.24) is 9.34 Å². The summed E-state index contributed by atoms with van der Waals surface area (Å²) >= 11 is 0. The summed E-state index contributed by atoms with van der Waals surface area (Å²) < 4.78 is 4.51. The molecule has 1 aliphatic rings. The first kappa shape index (κ1) is 14.4. The zero-order valence-electron chi connectivity index (χ0n) is 9.99. The molecule has 0 spiro atoms. The number of rotatable bonds is 3. The predicted molar refractivity (Wildman–Crippen MR) is 61.5 cm³/mol. The molecule has 2 nitrogen and oxygen atoms in total. The van der Waals surface area contributed by atoms with E-state index in [0.29, 0.717) is 0 Å². The fourth-order valence-electron chi connectivity index (χ4n) is 1.57. The van der Waals surface area contributed by atoms with E-state index < -0.39 is 7.56 Å². The Morgan fingerprint density at radius 2 is 1.71 bits per heavy atom. The molecule has 0 saturated carbocycles. The monoisotopic (exact) mass is 205 g/mol. The molecule has 4 heteroatoms. The van der Waals surface area contributed by atoms with Gasteiger partial charge in [-0.1, -0.05) is 12.2 Å². The second kappa shape index (κ2) is 5.49. The van der Waals surface area contributed by atoms with E-state index in [1.165, 1.54) is 5.31 Å². The molecule has 0 aromatic carbocycles. The maximum atomic E-state index is 4.41. The van der Waals surface area contributed by atoms with Gasteiger partial charge in [-0.05, 0) is 6.08 Å². The SMILES string of the molecule is [CH2-][P+](C1=CC=CC1)(N(C)C)N(C)C.[Li+]. The van der Waals surface area contributed by atoms with Gasteiger partial charge in [-0.25, -0.2) is 0 Å². The first-order valence-corrected chi connectivity index (χ1v) is 6.33. The molecule has 0 aromatic rings. The molecule has 0 saturated heterocycles. The molecule has 74 valence electrons. The Bertz CT molecular complexity index is 239. The molecule has 0 radical (unpaired) electrons. The van der Waals surface area contributed by atoms with Crippen molar-refractivity contribution in [2.75, 3.05) is 28.2 Å². The van der Waals surface area contributed by atoms with Gasteiger partial charge in [-0.3, -0.25) is 0 Å². The van der Waals surface area contributed by atoms with Gasteiger partial charge in [0.1, 0.15) is 0 Å².